The molecule has 0 aliphatic heterocycles. The van der Waals surface area contributed by atoms with Crippen molar-refractivity contribution in [1.29, 1.82) is 0 Å². The van der Waals surface area contributed by atoms with E-state index in [1.165, 1.54) is 6.92 Å². The minimum atomic E-state index is -7.40. The number of hydrogen-bond acceptors (Lipinski definition) is 5. The predicted octanol–water partition coefficient (Wildman–Crippen LogP) is -0.217. The minimum Gasteiger partial charge on any atom is -0.748 e. The molecule has 0 spiro atoms. The van der Waals surface area contributed by atoms with Gasteiger partial charge in [0.15, 0.2) is 0 Å². The molecule has 0 N–H and O–H groups in total. The largest absolute Gasteiger partial charge is 1.00 e. The third-order valence-electron chi connectivity index (χ3n) is 3.34. The molecule has 6 nitrogen and oxygen atoms in total. The van der Waals surface area contributed by atoms with Crippen molar-refractivity contribution in [2.24, 2.45) is 0 Å². The molecule has 0 aromatic carbocycles. The summed E-state index contributed by atoms with van der Waals surface area (Å²) in [6.45, 7) is -0.939. The van der Waals surface area contributed by atoms with Crippen LogP contribution in [0.4, 0.5) is 39.5 Å². The van der Waals surface area contributed by atoms with E-state index in [1.807, 2.05) is 0 Å². The molecule has 0 aromatic rings. The van der Waals surface area contributed by atoms with Gasteiger partial charge in [-0.25, -0.2) is 16.8 Å². The quantitative estimate of drug-likeness (QED) is 0.230. The van der Waals surface area contributed by atoms with Crippen LogP contribution in [-0.2, 0) is 20.1 Å². The van der Waals surface area contributed by atoms with Crippen molar-refractivity contribution in [3.05, 3.63) is 0 Å². The first-order chi connectivity index (χ1) is 12.2. The number of halogens is 9. The van der Waals surface area contributed by atoms with Crippen LogP contribution in [0.3, 0.4) is 0 Å². The van der Waals surface area contributed by atoms with Crippen LogP contribution in [0.25, 0.3) is 0 Å². The first-order valence-electron chi connectivity index (χ1n) is 7.30. The van der Waals surface area contributed by atoms with Crippen LogP contribution < -0.4 is 18.9 Å². The Balaban J connectivity index is 0. The molecule has 18 heteroatoms. The summed E-state index contributed by atoms with van der Waals surface area (Å²) in [4.78, 5) is 0. The van der Waals surface area contributed by atoms with Gasteiger partial charge in [-0.1, -0.05) is 13.3 Å². The van der Waals surface area contributed by atoms with Crippen LogP contribution in [-0.4, -0.2) is 67.8 Å². The van der Waals surface area contributed by atoms with E-state index in [-0.39, 0.29) is 31.7 Å². The molecule has 0 saturated heterocycles. The van der Waals surface area contributed by atoms with Crippen LogP contribution in [0.5, 0.6) is 0 Å². The number of sulfonamides is 1. The summed E-state index contributed by atoms with van der Waals surface area (Å²) >= 11 is 0. The Morgan fingerprint density at radius 2 is 1.21 bits per heavy atom. The van der Waals surface area contributed by atoms with Gasteiger partial charge in [-0.3, -0.25) is 0 Å². The van der Waals surface area contributed by atoms with Crippen molar-refractivity contribution in [3.63, 3.8) is 0 Å². The molecule has 0 radical (unpaired) electrons. The van der Waals surface area contributed by atoms with E-state index in [1.54, 1.807) is 0 Å². The Kier molecular flexibility index (Phi) is 10.6. The van der Waals surface area contributed by atoms with Gasteiger partial charge in [-0.15, -0.1) is 0 Å². The molecule has 0 aromatic heterocycles. The van der Waals surface area contributed by atoms with Crippen molar-refractivity contribution >= 4 is 20.1 Å². The topological polar surface area (TPSA) is 94.6 Å². The van der Waals surface area contributed by atoms with Crippen LogP contribution in [0.1, 0.15) is 26.2 Å². The third-order valence-corrected chi connectivity index (χ3v) is 6.08. The average molecular weight is 483 g/mol. The minimum absolute atomic E-state index is 0. The van der Waals surface area contributed by atoms with Gasteiger partial charge in [-0.05, 0) is 12.8 Å². The molecule has 0 saturated carbocycles. The van der Waals surface area contributed by atoms with Gasteiger partial charge in [0.05, 0.1) is 10.1 Å². The third kappa shape index (κ3) is 6.63. The maximum absolute atomic E-state index is 13.8. The van der Waals surface area contributed by atoms with E-state index in [2.05, 4.69) is 0 Å². The molecule has 0 aliphatic carbocycles. The fraction of sp³-hybridized carbons (Fsp3) is 1.00. The van der Waals surface area contributed by atoms with E-state index in [4.69, 9.17) is 0 Å². The Morgan fingerprint density at radius 1 is 0.793 bits per heavy atom. The second kappa shape index (κ2) is 9.94. The first-order valence-corrected chi connectivity index (χ1v) is 10.3. The van der Waals surface area contributed by atoms with Gasteiger partial charge in [0, 0.05) is 18.8 Å². The molecule has 0 unspecified atom stereocenters. The summed E-state index contributed by atoms with van der Waals surface area (Å²) in [6, 6.07) is 0. The monoisotopic (exact) mass is 483 g/mol. The van der Waals surface area contributed by atoms with Crippen molar-refractivity contribution in [2.75, 3.05) is 18.8 Å². The SMILES string of the molecule is CCCCN(CCCS(=O)(=O)[O-])S(=O)(=O)C(F)(F)C(F)(F)C(F)(F)C(F)(F)F.[Li+]. The Morgan fingerprint density at radius 3 is 1.55 bits per heavy atom. The maximum atomic E-state index is 13.8. The molecule has 0 fully saturated rings. The smallest absolute Gasteiger partial charge is 0.748 e. The zero-order valence-electron chi connectivity index (χ0n) is 14.9. The summed E-state index contributed by atoms with van der Waals surface area (Å²) in [5, 5.41) is -6.90. The van der Waals surface area contributed by atoms with Crippen molar-refractivity contribution in [1.82, 2.24) is 4.31 Å². The molecular weight excluding hydrogens is 468 g/mol. The fourth-order valence-corrected chi connectivity index (χ4v) is 3.79. The van der Waals surface area contributed by atoms with Gasteiger partial charge >= 0.3 is 42.1 Å². The number of rotatable bonds is 11. The van der Waals surface area contributed by atoms with Crippen molar-refractivity contribution in [3.8, 4) is 0 Å². The van der Waals surface area contributed by atoms with E-state index in [0.29, 0.717) is 0 Å². The second-order valence-electron chi connectivity index (χ2n) is 5.54. The molecule has 0 aliphatic rings. The Labute approximate surface area is 172 Å². The fourth-order valence-electron chi connectivity index (χ4n) is 1.79. The van der Waals surface area contributed by atoms with Gasteiger partial charge in [0.25, 0.3) is 10.0 Å². The van der Waals surface area contributed by atoms with E-state index in [0.717, 1.165) is 0 Å². The van der Waals surface area contributed by atoms with Gasteiger partial charge in [-0.2, -0.15) is 43.8 Å². The maximum Gasteiger partial charge on any atom is 1.00 e. The standard InChI is InChI=1S/C11H16F9NO5S2.Li/c1-2-3-5-21(6-4-7-27(22,23)24)28(25,26)11(19,20)9(14,15)8(12,13)10(16,17)18;/h2-7H2,1H3,(H,22,23,24);/q;+1/p-1. The number of unbranched alkanes of at least 4 members (excludes halogenated alkanes) is 1. The van der Waals surface area contributed by atoms with E-state index < -0.39 is 73.0 Å². The zero-order chi connectivity index (χ0) is 22.8. The van der Waals surface area contributed by atoms with Crippen LogP contribution >= 0.6 is 0 Å². The first kappa shape index (κ1) is 31.0. The molecule has 0 amide bonds. The number of hydrogen-bond donors (Lipinski definition) is 0. The van der Waals surface area contributed by atoms with Crippen molar-refractivity contribution < 1.29 is 79.8 Å². The van der Waals surface area contributed by atoms with Crippen LogP contribution in [0.2, 0.25) is 0 Å². The zero-order valence-corrected chi connectivity index (χ0v) is 16.6. The van der Waals surface area contributed by atoms with Gasteiger partial charge in [0.1, 0.15) is 0 Å². The number of nitrogens with zero attached hydrogens (tertiary/aromatic N) is 1. The molecular formula is C11H15F9LiNO5S2. The van der Waals surface area contributed by atoms with E-state index >= 15 is 0 Å². The summed E-state index contributed by atoms with van der Waals surface area (Å²) < 4.78 is 171. The summed E-state index contributed by atoms with van der Waals surface area (Å²) in [6.07, 6.45) is -8.42. The molecule has 29 heavy (non-hydrogen) atoms. The Hall–Kier alpha value is -0.213. The predicted molar refractivity (Wildman–Crippen MR) is 75.5 cm³/mol. The Bertz CT molecular complexity index is 740. The van der Waals surface area contributed by atoms with Gasteiger partial charge < -0.3 is 4.55 Å². The summed E-state index contributed by atoms with van der Waals surface area (Å²) in [7, 11) is -11.8. The second-order valence-corrected chi connectivity index (χ2v) is 9.04. The van der Waals surface area contributed by atoms with Crippen molar-refractivity contribution in [2.45, 2.75) is 49.5 Å². The molecule has 0 heterocycles. The molecule has 0 bridgehead atoms. The summed E-state index contributed by atoms with van der Waals surface area (Å²) in [5.41, 5.74) is 0. The molecule has 170 valence electrons. The molecule has 0 rings (SSSR count). The number of alkyl halides is 9. The normalized spacial score (nSPS) is 14.8. The van der Waals surface area contributed by atoms with Crippen LogP contribution in [0, 0.1) is 0 Å². The summed E-state index contributed by atoms with van der Waals surface area (Å²) in [5.74, 6) is -16.1. The van der Waals surface area contributed by atoms with Gasteiger partial charge in [0.2, 0.25) is 0 Å². The van der Waals surface area contributed by atoms with E-state index in [9.17, 15) is 60.9 Å². The molecule has 0 atom stereocenters. The average Bonchev–Trinajstić information content (AvgIpc) is 2.47. The van der Waals surface area contributed by atoms with Crippen LogP contribution in [0.15, 0.2) is 0 Å².